The van der Waals surface area contributed by atoms with Crippen LogP contribution in [0.2, 0.25) is 0 Å². The predicted octanol–water partition coefficient (Wildman–Crippen LogP) is 5.35. The molecule has 114 valence electrons. The van der Waals surface area contributed by atoms with E-state index >= 15 is 0 Å². The van der Waals surface area contributed by atoms with Crippen molar-refractivity contribution in [1.29, 1.82) is 0 Å². The van der Waals surface area contributed by atoms with E-state index in [1.54, 1.807) is 0 Å². The maximum absolute atomic E-state index is 11.7. The van der Waals surface area contributed by atoms with E-state index in [-0.39, 0.29) is 5.97 Å². The monoisotopic (exact) mass is 270 g/mol. The zero-order chi connectivity index (χ0) is 14.5. The van der Waals surface area contributed by atoms with Gasteiger partial charge in [-0.25, -0.2) is 0 Å². The molecule has 19 heavy (non-hydrogen) atoms. The van der Waals surface area contributed by atoms with Gasteiger partial charge in [0.25, 0.3) is 0 Å². The Morgan fingerprint density at radius 1 is 0.895 bits per heavy atom. The molecule has 0 spiro atoms. The molecule has 2 atom stereocenters. The third-order valence-electron chi connectivity index (χ3n) is 3.64. The van der Waals surface area contributed by atoms with Crippen LogP contribution in [0, 0.1) is 11.8 Å². The van der Waals surface area contributed by atoms with Gasteiger partial charge in [-0.2, -0.15) is 0 Å². The summed E-state index contributed by atoms with van der Waals surface area (Å²) in [5, 5.41) is 0. The second-order valence-electron chi connectivity index (χ2n) is 6.09. The molecule has 0 rings (SSSR count). The summed E-state index contributed by atoms with van der Waals surface area (Å²) in [7, 11) is 0. The second-order valence-corrected chi connectivity index (χ2v) is 6.09. The second kappa shape index (κ2) is 12.5. The molecule has 0 heterocycles. The minimum atomic E-state index is -0.00802. The van der Waals surface area contributed by atoms with Crippen molar-refractivity contribution in [2.45, 2.75) is 85.5 Å². The molecule has 0 saturated heterocycles. The molecule has 2 heteroatoms. The lowest BCUT2D eigenvalue weighted by Gasteiger charge is -2.14. The smallest absolute Gasteiger partial charge is 0.306 e. The summed E-state index contributed by atoms with van der Waals surface area (Å²) in [6.45, 7) is 9.35. The van der Waals surface area contributed by atoms with E-state index in [9.17, 15) is 4.79 Å². The minimum absolute atomic E-state index is 0.00802. The number of ether oxygens (including phenoxy) is 1. The van der Waals surface area contributed by atoms with Crippen molar-refractivity contribution >= 4 is 5.97 Å². The Kier molecular flexibility index (Phi) is 12.2. The molecule has 0 aromatic carbocycles. The molecule has 0 aromatic rings. The number of esters is 1. The van der Waals surface area contributed by atoms with Gasteiger partial charge in [-0.3, -0.25) is 4.79 Å². The van der Waals surface area contributed by atoms with Crippen LogP contribution in [0.25, 0.3) is 0 Å². The summed E-state index contributed by atoms with van der Waals surface area (Å²) >= 11 is 0. The Hall–Kier alpha value is -0.530. The van der Waals surface area contributed by atoms with Gasteiger partial charge in [0.15, 0.2) is 0 Å². The van der Waals surface area contributed by atoms with Crippen molar-refractivity contribution in [1.82, 2.24) is 0 Å². The largest absolute Gasteiger partial charge is 0.465 e. The zero-order valence-electron chi connectivity index (χ0n) is 13.5. The van der Waals surface area contributed by atoms with Gasteiger partial charge in [0, 0.05) is 6.42 Å². The summed E-state index contributed by atoms with van der Waals surface area (Å²) in [5.74, 6) is 0.965. The molecule has 0 amide bonds. The number of hydrogen-bond acceptors (Lipinski definition) is 2. The van der Waals surface area contributed by atoms with E-state index in [0.29, 0.717) is 24.9 Å². The maximum atomic E-state index is 11.7. The van der Waals surface area contributed by atoms with Crippen LogP contribution in [0.4, 0.5) is 0 Å². The molecule has 0 aromatic heterocycles. The third kappa shape index (κ3) is 12.3. The zero-order valence-corrected chi connectivity index (χ0v) is 13.5. The van der Waals surface area contributed by atoms with Crippen LogP contribution in [0.1, 0.15) is 85.5 Å². The van der Waals surface area contributed by atoms with E-state index in [2.05, 4.69) is 27.7 Å². The minimum Gasteiger partial charge on any atom is -0.465 e. The predicted molar refractivity (Wildman–Crippen MR) is 82.2 cm³/mol. The highest BCUT2D eigenvalue weighted by Crippen LogP contribution is 2.15. The average molecular weight is 270 g/mol. The third-order valence-corrected chi connectivity index (χ3v) is 3.64. The topological polar surface area (TPSA) is 26.3 Å². The Balaban J connectivity index is 3.56. The highest BCUT2D eigenvalue weighted by molar-refractivity contribution is 5.69. The molecule has 0 aliphatic heterocycles. The van der Waals surface area contributed by atoms with Crippen LogP contribution in [0.15, 0.2) is 0 Å². The quantitative estimate of drug-likeness (QED) is 0.353. The SMILES string of the molecule is CCCCCC(C)COC(=O)CC(C)CCCCC. The summed E-state index contributed by atoms with van der Waals surface area (Å²) in [5.41, 5.74) is 0. The fourth-order valence-corrected chi connectivity index (χ4v) is 2.25. The van der Waals surface area contributed by atoms with Gasteiger partial charge in [-0.15, -0.1) is 0 Å². The summed E-state index contributed by atoms with van der Waals surface area (Å²) in [6.07, 6.45) is 10.4. The first kappa shape index (κ1) is 18.5. The van der Waals surface area contributed by atoms with Gasteiger partial charge in [0.2, 0.25) is 0 Å². The summed E-state index contributed by atoms with van der Waals surface area (Å²) in [6, 6.07) is 0. The van der Waals surface area contributed by atoms with Crippen LogP contribution in [-0.2, 0) is 9.53 Å². The van der Waals surface area contributed by atoms with E-state index in [1.807, 2.05) is 0 Å². The highest BCUT2D eigenvalue weighted by atomic mass is 16.5. The van der Waals surface area contributed by atoms with Crippen LogP contribution in [0.5, 0.6) is 0 Å². The molecule has 0 fully saturated rings. The van der Waals surface area contributed by atoms with Crippen molar-refractivity contribution in [2.75, 3.05) is 6.61 Å². The fraction of sp³-hybridized carbons (Fsp3) is 0.941. The molecule has 0 N–H and O–H groups in total. The van der Waals surface area contributed by atoms with Crippen LogP contribution < -0.4 is 0 Å². The lowest BCUT2D eigenvalue weighted by molar-refractivity contribution is -0.146. The molecule has 0 saturated carbocycles. The van der Waals surface area contributed by atoms with Gasteiger partial charge in [0.1, 0.15) is 0 Å². The Morgan fingerprint density at radius 2 is 1.42 bits per heavy atom. The summed E-state index contributed by atoms with van der Waals surface area (Å²) in [4.78, 5) is 11.7. The van der Waals surface area contributed by atoms with Crippen molar-refractivity contribution < 1.29 is 9.53 Å². The van der Waals surface area contributed by atoms with Crippen molar-refractivity contribution in [3.63, 3.8) is 0 Å². The molecule has 0 aliphatic carbocycles. The number of rotatable bonds is 12. The van der Waals surface area contributed by atoms with Crippen LogP contribution in [0.3, 0.4) is 0 Å². The van der Waals surface area contributed by atoms with E-state index in [1.165, 1.54) is 44.9 Å². The van der Waals surface area contributed by atoms with E-state index < -0.39 is 0 Å². The molecule has 0 radical (unpaired) electrons. The molecular weight excluding hydrogens is 236 g/mol. The van der Waals surface area contributed by atoms with Crippen molar-refractivity contribution in [2.24, 2.45) is 11.8 Å². The van der Waals surface area contributed by atoms with Crippen LogP contribution in [-0.4, -0.2) is 12.6 Å². The van der Waals surface area contributed by atoms with Gasteiger partial charge in [-0.1, -0.05) is 72.6 Å². The Bertz CT molecular complexity index is 213. The standard InChI is InChI=1S/C17H34O2/c1-5-7-9-11-15(3)13-17(18)19-14-16(4)12-10-8-6-2/h15-16H,5-14H2,1-4H3. The van der Waals surface area contributed by atoms with Crippen molar-refractivity contribution in [3.05, 3.63) is 0 Å². The van der Waals surface area contributed by atoms with E-state index in [0.717, 1.165) is 6.42 Å². The molecule has 0 aliphatic rings. The first-order chi connectivity index (χ1) is 9.10. The van der Waals surface area contributed by atoms with Crippen molar-refractivity contribution in [3.8, 4) is 0 Å². The highest BCUT2D eigenvalue weighted by Gasteiger charge is 2.11. The Labute approximate surface area is 120 Å². The normalized spacial score (nSPS) is 14.1. The number of hydrogen-bond donors (Lipinski definition) is 0. The average Bonchev–Trinajstić information content (AvgIpc) is 2.37. The number of carbonyl (C=O) groups is 1. The Morgan fingerprint density at radius 3 is 1.95 bits per heavy atom. The van der Waals surface area contributed by atoms with E-state index in [4.69, 9.17) is 4.74 Å². The first-order valence-corrected chi connectivity index (χ1v) is 8.25. The molecule has 2 nitrogen and oxygen atoms in total. The lowest BCUT2D eigenvalue weighted by atomic mass is 10.00. The lowest BCUT2D eigenvalue weighted by Crippen LogP contribution is -2.14. The number of carbonyl (C=O) groups excluding carboxylic acids is 1. The summed E-state index contributed by atoms with van der Waals surface area (Å²) < 4.78 is 5.37. The van der Waals surface area contributed by atoms with Gasteiger partial charge in [-0.05, 0) is 18.3 Å². The first-order valence-electron chi connectivity index (χ1n) is 8.25. The molecule has 0 bridgehead atoms. The molecule has 2 unspecified atom stereocenters. The fourth-order valence-electron chi connectivity index (χ4n) is 2.25. The van der Waals surface area contributed by atoms with Gasteiger partial charge >= 0.3 is 5.97 Å². The van der Waals surface area contributed by atoms with Gasteiger partial charge < -0.3 is 4.74 Å². The molecular formula is C17H34O2. The maximum Gasteiger partial charge on any atom is 0.306 e. The number of unbranched alkanes of at least 4 members (excludes halogenated alkanes) is 4. The van der Waals surface area contributed by atoms with Crippen LogP contribution >= 0.6 is 0 Å². The van der Waals surface area contributed by atoms with Gasteiger partial charge in [0.05, 0.1) is 6.61 Å².